The molecule has 0 aliphatic heterocycles. The van der Waals surface area contributed by atoms with Crippen LogP contribution in [0.15, 0.2) is 54.9 Å². The molecule has 1 unspecified atom stereocenters. The molecule has 44 heavy (non-hydrogen) atoms. The third-order valence-corrected chi connectivity index (χ3v) is 11.9. The van der Waals surface area contributed by atoms with E-state index in [-0.39, 0.29) is 24.0 Å². The van der Waals surface area contributed by atoms with E-state index in [1.54, 1.807) is 37.7 Å². The summed E-state index contributed by atoms with van der Waals surface area (Å²) >= 11 is 0. The molecule has 8 atom stereocenters. The van der Waals surface area contributed by atoms with Crippen LogP contribution >= 0.6 is 7.60 Å². The van der Waals surface area contributed by atoms with Crippen molar-refractivity contribution in [3.8, 4) is 5.75 Å². The maximum Gasteiger partial charge on any atom is 0.376 e. The molecule has 0 bridgehead atoms. The van der Waals surface area contributed by atoms with Crippen molar-refractivity contribution in [1.29, 1.82) is 0 Å². The van der Waals surface area contributed by atoms with E-state index >= 15 is 4.57 Å². The number of rotatable bonds is 12. The molecule has 0 amide bonds. The molecule has 0 spiro atoms. The van der Waals surface area contributed by atoms with Gasteiger partial charge in [-0.1, -0.05) is 59.7 Å². The van der Waals surface area contributed by atoms with Crippen LogP contribution in [0, 0.1) is 35.5 Å². The molecule has 1 heterocycles. The summed E-state index contributed by atoms with van der Waals surface area (Å²) in [6, 6.07) is 10.9. The summed E-state index contributed by atoms with van der Waals surface area (Å²) in [4.78, 5) is 17.7. The van der Waals surface area contributed by atoms with Crippen molar-refractivity contribution in [2.24, 2.45) is 35.5 Å². The minimum absolute atomic E-state index is 0.203. The van der Waals surface area contributed by atoms with Gasteiger partial charge in [-0.2, -0.15) is 0 Å². The van der Waals surface area contributed by atoms with E-state index in [4.69, 9.17) is 18.5 Å². The minimum atomic E-state index is -4.07. The molecule has 4 rings (SSSR count). The summed E-state index contributed by atoms with van der Waals surface area (Å²) in [5.74, 6) is 1.18. The second-order valence-electron chi connectivity index (χ2n) is 13.6. The number of carbonyl (C=O) groups excluding carboxylic acids is 1. The zero-order valence-electron chi connectivity index (χ0n) is 27.6. The molecule has 8 heteroatoms. The quantitative estimate of drug-likeness (QED) is 0.132. The number of pyridine rings is 1. The third kappa shape index (κ3) is 9.05. The molecule has 0 radical (unpaired) electrons. The molecule has 7 nitrogen and oxygen atoms in total. The third-order valence-electron chi connectivity index (χ3n) is 9.79. The van der Waals surface area contributed by atoms with Gasteiger partial charge in [0.1, 0.15) is 5.75 Å². The van der Waals surface area contributed by atoms with Gasteiger partial charge in [-0.25, -0.2) is 4.79 Å². The fourth-order valence-corrected chi connectivity index (χ4v) is 8.87. The maximum atomic E-state index is 15.4. The Morgan fingerprint density at radius 2 is 1.45 bits per heavy atom. The van der Waals surface area contributed by atoms with E-state index in [2.05, 4.69) is 46.5 Å². The molecule has 0 N–H and O–H groups in total. The molecule has 2 aliphatic rings. The summed E-state index contributed by atoms with van der Waals surface area (Å²) in [5, 5.41) is 0. The van der Waals surface area contributed by atoms with Gasteiger partial charge in [0, 0.05) is 24.0 Å². The molecular weight excluding hydrogens is 573 g/mol. The lowest BCUT2D eigenvalue weighted by Gasteiger charge is -2.42. The molecule has 2 aliphatic carbocycles. The van der Waals surface area contributed by atoms with E-state index in [1.807, 2.05) is 24.3 Å². The van der Waals surface area contributed by atoms with Crippen molar-refractivity contribution in [3.63, 3.8) is 0 Å². The second kappa shape index (κ2) is 15.7. The molecule has 2 fully saturated rings. The number of ether oxygens (including phenoxy) is 2. The highest BCUT2D eigenvalue weighted by Gasteiger charge is 2.48. The van der Waals surface area contributed by atoms with Gasteiger partial charge < -0.3 is 18.5 Å². The molecule has 2 saturated carbocycles. The summed E-state index contributed by atoms with van der Waals surface area (Å²) in [6.45, 7) is 13.3. The smallest absolute Gasteiger partial charge is 0.376 e. The van der Waals surface area contributed by atoms with Gasteiger partial charge in [-0.3, -0.25) is 9.55 Å². The number of hydrogen-bond donors (Lipinski definition) is 0. The van der Waals surface area contributed by atoms with Gasteiger partial charge in [0.15, 0.2) is 0 Å². The van der Waals surface area contributed by atoms with Crippen molar-refractivity contribution >= 4 is 19.6 Å². The Morgan fingerprint density at radius 1 is 0.886 bits per heavy atom. The van der Waals surface area contributed by atoms with Crippen LogP contribution < -0.4 is 4.74 Å². The van der Waals surface area contributed by atoms with Gasteiger partial charge in [-0.15, -0.1) is 0 Å². The number of carbonyl (C=O) groups is 1. The second-order valence-corrected chi connectivity index (χ2v) is 15.6. The monoisotopic (exact) mass is 625 g/mol. The molecule has 242 valence electrons. The standard InChI is InChI=1S/C36H52NO6P/c1-24(2)29-15-10-26(5)33(21-29)42-44(39,43-34-22-30(25(3)4)16-11-27(34)6)36(31-9-8-20-37-23-31)41-35(38)19-14-28-12-17-32(40-7)18-13-28/h8-9,12-14,17-20,23-27,29-30,33-34,36H,10-11,15-16,21-22H2,1-7H3/b19-14+/t26-,27+,29+,30-,33-,34-,36+,44?/m1/s1. The van der Waals surface area contributed by atoms with Crippen molar-refractivity contribution in [3.05, 3.63) is 66.0 Å². The normalized spacial score (nSPS) is 28.1. The van der Waals surface area contributed by atoms with E-state index in [0.29, 0.717) is 29.2 Å². The van der Waals surface area contributed by atoms with E-state index in [1.165, 1.54) is 6.08 Å². The molecule has 1 aromatic heterocycles. The minimum Gasteiger partial charge on any atom is -0.497 e. The van der Waals surface area contributed by atoms with Gasteiger partial charge in [0.2, 0.25) is 5.85 Å². The first-order valence-corrected chi connectivity index (χ1v) is 18.0. The van der Waals surface area contributed by atoms with Crippen molar-refractivity contribution in [1.82, 2.24) is 4.98 Å². The van der Waals surface area contributed by atoms with Crippen LogP contribution in [-0.4, -0.2) is 30.3 Å². The lowest BCUT2D eigenvalue weighted by Crippen LogP contribution is -2.35. The Labute approximate surface area is 264 Å². The molecular formula is C36H52NO6P. The fraction of sp³-hybridized carbons (Fsp3) is 0.611. The van der Waals surface area contributed by atoms with Crippen LogP contribution in [0.2, 0.25) is 0 Å². The van der Waals surface area contributed by atoms with Crippen molar-refractivity contribution in [2.75, 3.05) is 7.11 Å². The SMILES string of the molecule is COc1ccc(/C=C/C(=O)O[C@H](c2cccnc2)P(=O)(O[C@@H]2C[C@@H](C(C)C)CC[C@H]2C)O[C@@H]2C[C@H](C(C)C)CC[C@@H]2C)cc1. The van der Waals surface area contributed by atoms with Crippen LogP contribution in [0.4, 0.5) is 0 Å². The first kappa shape index (κ1) is 34.4. The first-order valence-electron chi connectivity index (χ1n) is 16.4. The summed E-state index contributed by atoms with van der Waals surface area (Å²) in [6.07, 6.45) is 11.5. The van der Waals surface area contributed by atoms with Gasteiger partial charge in [0.25, 0.3) is 0 Å². The number of benzene rings is 1. The van der Waals surface area contributed by atoms with Crippen LogP contribution in [-0.2, 0) is 23.1 Å². The topological polar surface area (TPSA) is 84.0 Å². The Balaban J connectivity index is 1.68. The van der Waals surface area contributed by atoms with Crippen LogP contribution in [0.3, 0.4) is 0 Å². The Morgan fingerprint density at radius 3 is 1.93 bits per heavy atom. The molecule has 1 aromatic carbocycles. The number of methoxy groups -OCH3 is 1. The number of hydrogen-bond acceptors (Lipinski definition) is 7. The summed E-state index contributed by atoms with van der Waals surface area (Å²) < 4.78 is 40.1. The highest BCUT2D eigenvalue weighted by molar-refractivity contribution is 7.54. The van der Waals surface area contributed by atoms with Crippen LogP contribution in [0.25, 0.3) is 6.08 Å². The average Bonchev–Trinajstić information content (AvgIpc) is 3.01. The average molecular weight is 626 g/mol. The molecule has 2 aromatic rings. The summed E-state index contributed by atoms with van der Waals surface area (Å²) in [5.41, 5.74) is 1.30. The predicted octanol–water partition coefficient (Wildman–Crippen LogP) is 9.49. The van der Waals surface area contributed by atoms with Crippen LogP contribution in [0.5, 0.6) is 5.75 Å². The highest BCUT2D eigenvalue weighted by Crippen LogP contribution is 2.65. The lowest BCUT2D eigenvalue weighted by molar-refractivity contribution is -0.141. The lowest BCUT2D eigenvalue weighted by atomic mass is 9.76. The fourth-order valence-electron chi connectivity index (χ4n) is 6.51. The van der Waals surface area contributed by atoms with Crippen LogP contribution in [0.1, 0.15) is 97.0 Å². The zero-order valence-corrected chi connectivity index (χ0v) is 28.5. The largest absolute Gasteiger partial charge is 0.497 e. The highest BCUT2D eigenvalue weighted by atomic mass is 31.2. The van der Waals surface area contributed by atoms with Crippen molar-refractivity contribution in [2.45, 2.75) is 98.1 Å². The Kier molecular flexibility index (Phi) is 12.3. The van der Waals surface area contributed by atoms with Gasteiger partial charge >= 0.3 is 13.6 Å². The van der Waals surface area contributed by atoms with Crippen molar-refractivity contribution < 1.29 is 27.9 Å². The molecule has 0 saturated heterocycles. The van der Waals surface area contributed by atoms with E-state index < -0.39 is 19.4 Å². The predicted molar refractivity (Wildman–Crippen MR) is 175 cm³/mol. The Hall–Kier alpha value is -2.47. The van der Waals surface area contributed by atoms with E-state index in [0.717, 1.165) is 49.8 Å². The first-order chi connectivity index (χ1) is 21.0. The Bertz CT molecular complexity index is 1230. The number of aromatic nitrogens is 1. The van der Waals surface area contributed by atoms with E-state index in [9.17, 15) is 4.79 Å². The summed E-state index contributed by atoms with van der Waals surface area (Å²) in [7, 11) is -2.46. The number of esters is 1. The zero-order chi connectivity index (χ0) is 31.9. The van der Waals surface area contributed by atoms with Gasteiger partial charge in [-0.05, 0) is 104 Å². The number of nitrogens with zero attached hydrogens (tertiary/aromatic N) is 1. The maximum absolute atomic E-state index is 15.4. The van der Waals surface area contributed by atoms with Gasteiger partial charge in [0.05, 0.1) is 19.3 Å².